The van der Waals surface area contributed by atoms with E-state index in [1.165, 1.54) is 22.2 Å². The second kappa shape index (κ2) is 4.72. The van der Waals surface area contributed by atoms with Crippen molar-refractivity contribution in [3.63, 3.8) is 0 Å². The van der Waals surface area contributed by atoms with Gasteiger partial charge in [-0.1, -0.05) is 25.1 Å². The largest absolute Gasteiger partial charge is 0.466 e. The van der Waals surface area contributed by atoms with Crippen LogP contribution in [0.4, 0.5) is 0 Å². The van der Waals surface area contributed by atoms with Crippen LogP contribution < -0.4 is 0 Å². The van der Waals surface area contributed by atoms with E-state index in [2.05, 4.69) is 30.1 Å². The summed E-state index contributed by atoms with van der Waals surface area (Å²) in [4.78, 5) is 15.5. The number of aryl methyl sites for hydroxylation is 1. The smallest absolute Gasteiger partial charge is 0.309 e. The van der Waals surface area contributed by atoms with E-state index in [0.29, 0.717) is 6.61 Å². The van der Waals surface area contributed by atoms with E-state index in [4.69, 9.17) is 4.74 Å². The highest BCUT2D eigenvalue weighted by Gasteiger charge is 2.34. The summed E-state index contributed by atoms with van der Waals surface area (Å²) in [5.74, 6) is 0.163. The highest BCUT2D eigenvalue weighted by molar-refractivity contribution is 5.87. The van der Waals surface area contributed by atoms with Gasteiger partial charge in [0.25, 0.3) is 0 Å². The third-order valence-electron chi connectivity index (χ3n) is 4.18. The monoisotopic (exact) mass is 257 g/mol. The number of para-hydroxylation sites is 1. The molecule has 3 nitrogen and oxygen atoms in total. The number of esters is 1. The van der Waals surface area contributed by atoms with Gasteiger partial charge in [-0.25, -0.2) is 0 Å². The maximum absolute atomic E-state index is 12.0. The molecule has 2 atom stereocenters. The Bertz CT molecular complexity index is 614. The lowest BCUT2D eigenvalue weighted by molar-refractivity contribution is -0.149. The first kappa shape index (κ1) is 12.3. The van der Waals surface area contributed by atoms with Crippen LogP contribution in [0.2, 0.25) is 0 Å². The number of carbonyl (C=O) groups is 1. The molecule has 0 unspecified atom stereocenters. The van der Waals surface area contributed by atoms with Crippen LogP contribution in [0.25, 0.3) is 10.9 Å². The highest BCUT2D eigenvalue weighted by atomic mass is 16.5. The minimum atomic E-state index is -0.0501. The standard InChI is InChI=1S/C16H19NO2/c1-3-19-16(18)11-8-9-14-15(10(11)2)12-6-4-5-7-13(12)17-14/h4-7,10-11,17H,3,8-9H2,1-2H3/t10-,11+/m0/s1. The first-order valence-electron chi connectivity index (χ1n) is 6.98. The molecule has 100 valence electrons. The summed E-state index contributed by atoms with van der Waals surface area (Å²) in [5, 5.41) is 1.25. The van der Waals surface area contributed by atoms with E-state index in [0.717, 1.165) is 12.8 Å². The molecule has 3 heteroatoms. The van der Waals surface area contributed by atoms with Crippen LogP contribution in [0, 0.1) is 5.92 Å². The van der Waals surface area contributed by atoms with Crippen molar-refractivity contribution in [2.45, 2.75) is 32.6 Å². The van der Waals surface area contributed by atoms with Crippen LogP contribution in [0.5, 0.6) is 0 Å². The van der Waals surface area contributed by atoms with E-state index >= 15 is 0 Å². The molecule has 0 radical (unpaired) electrons. The molecule has 0 amide bonds. The zero-order chi connectivity index (χ0) is 13.4. The maximum atomic E-state index is 12.0. The van der Waals surface area contributed by atoms with Gasteiger partial charge in [0.15, 0.2) is 0 Å². The number of aromatic amines is 1. The molecular formula is C16H19NO2. The first-order chi connectivity index (χ1) is 9.22. The number of carbonyl (C=O) groups excluding carboxylic acids is 1. The van der Waals surface area contributed by atoms with Gasteiger partial charge in [-0.15, -0.1) is 0 Å². The normalized spacial score (nSPS) is 22.2. The number of hydrogen-bond acceptors (Lipinski definition) is 2. The second-order valence-corrected chi connectivity index (χ2v) is 5.25. The average molecular weight is 257 g/mol. The molecule has 19 heavy (non-hydrogen) atoms. The SMILES string of the molecule is CCOC(=O)[C@@H]1CCc2[nH]c3ccccc3c2[C@H]1C. The molecule has 1 heterocycles. The Kier molecular flexibility index (Phi) is 3.05. The van der Waals surface area contributed by atoms with Crippen LogP contribution in [0.15, 0.2) is 24.3 Å². The summed E-state index contributed by atoms with van der Waals surface area (Å²) in [6.07, 6.45) is 1.80. The Hall–Kier alpha value is -1.77. The summed E-state index contributed by atoms with van der Waals surface area (Å²) in [5.41, 5.74) is 3.76. The van der Waals surface area contributed by atoms with Crippen molar-refractivity contribution in [2.24, 2.45) is 5.92 Å². The molecule has 0 bridgehead atoms. The summed E-state index contributed by atoms with van der Waals surface area (Å²) in [7, 11) is 0. The van der Waals surface area contributed by atoms with Crippen LogP contribution in [0.3, 0.4) is 0 Å². The van der Waals surface area contributed by atoms with Crippen molar-refractivity contribution in [1.29, 1.82) is 0 Å². The lowest BCUT2D eigenvalue weighted by Crippen LogP contribution is -2.27. The fourth-order valence-electron chi connectivity index (χ4n) is 3.26. The van der Waals surface area contributed by atoms with Crippen LogP contribution >= 0.6 is 0 Å². The van der Waals surface area contributed by atoms with Gasteiger partial charge in [-0.3, -0.25) is 4.79 Å². The van der Waals surface area contributed by atoms with E-state index < -0.39 is 0 Å². The number of aromatic nitrogens is 1. The minimum absolute atomic E-state index is 0.00773. The molecular weight excluding hydrogens is 238 g/mol. The van der Waals surface area contributed by atoms with Crippen LogP contribution in [0.1, 0.15) is 37.4 Å². The zero-order valence-corrected chi connectivity index (χ0v) is 11.4. The van der Waals surface area contributed by atoms with Gasteiger partial charge in [0, 0.05) is 16.6 Å². The first-order valence-corrected chi connectivity index (χ1v) is 6.98. The van der Waals surface area contributed by atoms with Crippen molar-refractivity contribution in [3.8, 4) is 0 Å². The third kappa shape index (κ3) is 1.93. The molecule has 3 rings (SSSR count). The van der Waals surface area contributed by atoms with Crippen molar-refractivity contribution in [2.75, 3.05) is 6.61 Å². The Morgan fingerprint density at radius 2 is 2.21 bits per heavy atom. The summed E-state index contributed by atoms with van der Waals surface area (Å²) >= 11 is 0. The molecule has 1 N–H and O–H groups in total. The van der Waals surface area contributed by atoms with E-state index in [1.807, 2.05) is 13.0 Å². The van der Waals surface area contributed by atoms with Gasteiger partial charge in [0.1, 0.15) is 0 Å². The Morgan fingerprint density at radius 1 is 1.42 bits per heavy atom. The van der Waals surface area contributed by atoms with Crippen molar-refractivity contribution >= 4 is 16.9 Å². The molecule has 0 saturated carbocycles. The molecule has 0 spiro atoms. The molecule has 1 aliphatic carbocycles. The summed E-state index contributed by atoms with van der Waals surface area (Å²) in [6, 6.07) is 8.32. The van der Waals surface area contributed by atoms with Crippen molar-refractivity contribution < 1.29 is 9.53 Å². The van der Waals surface area contributed by atoms with Gasteiger partial charge in [-0.2, -0.15) is 0 Å². The predicted octanol–water partition coefficient (Wildman–Crippen LogP) is 3.40. The number of hydrogen-bond donors (Lipinski definition) is 1. The lowest BCUT2D eigenvalue weighted by Gasteiger charge is -2.27. The number of H-pyrrole nitrogens is 1. The fourth-order valence-corrected chi connectivity index (χ4v) is 3.26. The Morgan fingerprint density at radius 3 is 3.00 bits per heavy atom. The predicted molar refractivity (Wildman–Crippen MR) is 75.2 cm³/mol. The number of ether oxygens (including phenoxy) is 1. The topological polar surface area (TPSA) is 42.1 Å². The number of nitrogens with one attached hydrogen (secondary N) is 1. The Labute approximate surface area is 113 Å². The highest BCUT2D eigenvalue weighted by Crippen LogP contribution is 2.40. The molecule has 0 aliphatic heterocycles. The van der Waals surface area contributed by atoms with Crippen molar-refractivity contribution in [1.82, 2.24) is 4.98 Å². The number of benzene rings is 1. The van der Waals surface area contributed by atoms with Gasteiger partial charge in [0.2, 0.25) is 0 Å². The molecule has 0 fully saturated rings. The van der Waals surface area contributed by atoms with Crippen LogP contribution in [-0.2, 0) is 16.0 Å². The molecule has 2 aromatic rings. The summed E-state index contributed by atoms with van der Waals surface area (Å²) in [6.45, 7) is 4.46. The van der Waals surface area contributed by atoms with E-state index in [9.17, 15) is 4.79 Å². The van der Waals surface area contributed by atoms with E-state index in [1.54, 1.807) is 0 Å². The maximum Gasteiger partial charge on any atom is 0.309 e. The molecule has 1 aliphatic rings. The zero-order valence-electron chi connectivity index (χ0n) is 11.4. The molecule has 0 saturated heterocycles. The van der Waals surface area contributed by atoms with E-state index in [-0.39, 0.29) is 17.8 Å². The number of fused-ring (bicyclic) bond motifs is 3. The quantitative estimate of drug-likeness (QED) is 0.838. The van der Waals surface area contributed by atoms with Crippen molar-refractivity contribution in [3.05, 3.63) is 35.5 Å². The third-order valence-corrected chi connectivity index (χ3v) is 4.18. The molecule has 1 aromatic carbocycles. The summed E-state index contributed by atoms with van der Waals surface area (Å²) < 4.78 is 5.21. The van der Waals surface area contributed by atoms with Gasteiger partial charge in [0.05, 0.1) is 12.5 Å². The average Bonchev–Trinajstić information content (AvgIpc) is 2.78. The Balaban J connectivity index is 2.02. The second-order valence-electron chi connectivity index (χ2n) is 5.25. The van der Waals surface area contributed by atoms with Crippen LogP contribution in [-0.4, -0.2) is 17.6 Å². The van der Waals surface area contributed by atoms with Gasteiger partial charge in [-0.05, 0) is 37.3 Å². The number of rotatable bonds is 2. The lowest BCUT2D eigenvalue weighted by atomic mass is 9.78. The fraction of sp³-hybridized carbons (Fsp3) is 0.438. The molecule has 1 aromatic heterocycles. The minimum Gasteiger partial charge on any atom is -0.466 e. The van der Waals surface area contributed by atoms with Gasteiger partial charge < -0.3 is 9.72 Å². The van der Waals surface area contributed by atoms with Gasteiger partial charge >= 0.3 is 5.97 Å².